The molecule has 0 unspecified atom stereocenters. The van der Waals surface area contributed by atoms with E-state index in [1.54, 1.807) is 51.7 Å². The second-order valence-electron chi connectivity index (χ2n) is 5.91. The third-order valence-corrected chi connectivity index (χ3v) is 3.91. The monoisotopic (exact) mass is 387 g/mol. The highest BCUT2D eigenvalue weighted by atomic mass is 16.5. The van der Waals surface area contributed by atoms with Crippen LogP contribution in [0.4, 0.5) is 16.2 Å². The molecule has 0 radical (unpaired) electrons. The molecule has 3 amide bonds. The minimum atomic E-state index is -0.348. The molecule has 0 aromatic heterocycles. The number of ether oxygens (including phenoxy) is 3. The molecule has 0 aliphatic heterocycles. The van der Waals surface area contributed by atoms with Crippen LogP contribution in [0, 0.1) is 0 Å². The minimum absolute atomic E-state index is 0.175. The van der Waals surface area contributed by atoms with E-state index in [0.717, 1.165) is 5.56 Å². The number of nitrogens with one attached hydrogen (secondary N) is 3. The van der Waals surface area contributed by atoms with E-state index in [4.69, 9.17) is 14.2 Å². The molecule has 0 heterocycles. The molecule has 150 valence electrons. The number of carbonyl (C=O) groups is 2. The summed E-state index contributed by atoms with van der Waals surface area (Å²) in [6.45, 7) is 1.82. The van der Waals surface area contributed by atoms with E-state index in [9.17, 15) is 9.59 Å². The number of benzene rings is 2. The van der Waals surface area contributed by atoms with Crippen LogP contribution in [0.5, 0.6) is 17.2 Å². The van der Waals surface area contributed by atoms with Crippen LogP contribution < -0.4 is 30.2 Å². The molecular weight excluding hydrogens is 362 g/mol. The number of hydrogen-bond acceptors (Lipinski definition) is 5. The van der Waals surface area contributed by atoms with Crippen LogP contribution in [-0.4, -0.2) is 39.8 Å². The Labute approximate surface area is 164 Å². The zero-order valence-electron chi connectivity index (χ0n) is 16.4. The van der Waals surface area contributed by atoms with Gasteiger partial charge in [-0.2, -0.15) is 0 Å². The summed E-state index contributed by atoms with van der Waals surface area (Å²) in [6, 6.07) is 10.1. The molecule has 2 rings (SSSR count). The van der Waals surface area contributed by atoms with Crippen molar-refractivity contribution in [3.63, 3.8) is 0 Å². The number of anilines is 2. The van der Waals surface area contributed by atoms with Crippen molar-refractivity contribution in [3.8, 4) is 17.2 Å². The molecule has 0 saturated carbocycles. The Morgan fingerprint density at radius 3 is 2.07 bits per heavy atom. The molecule has 8 heteroatoms. The number of methoxy groups -OCH3 is 3. The number of urea groups is 1. The van der Waals surface area contributed by atoms with Gasteiger partial charge in [0, 0.05) is 30.9 Å². The zero-order valence-corrected chi connectivity index (χ0v) is 16.4. The van der Waals surface area contributed by atoms with Crippen LogP contribution in [0.2, 0.25) is 0 Å². The van der Waals surface area contributed by atoms with E-state index in [2.05, 4.69) is 16.0 Å². The Morgan fingerprint density at radius 2 is 1.46 bits per heavy atom. The number of hydrogen-bond donors (Lipinski definition) is 3. The first-order valence-corrected chi connectivity index (χ1v) is 8.68. The summed E-state index contributed by atoms with van der Waals surface area (Å²) in [5.74, 6) is 1.65. The lowest BCUT2D eigenvalue weighted by Crippen LogP contribution is -2.30. The molecule has 0 saturated heterocycles. The van der Waals surface area contributed by atoms with Gasteiger partial charge in [-0.15, -0.1) is 0 Å². The third kappa shape index (κ3) is 5.80. The van der Waals surface area contributed by atoms with Crippen molar-refractivity contribution in [2.24, 2.45) is 0 Å². The predicted molar refractivity (Wildman–Crippen MR) is 108 cm³/mol. The average molecular weight is 387 g/mol. The normalized spacial score (nSPS) is 10.0. The fourth-order valence-corrected chi connectivity index (χ4v) is 2.65. The maximum absolute atomic E-state index is 12.1. The third-order valence-electron chi connectivity index (χ3n) is 3.91. The van der Waals surface area contributed by atoms with Crippen LogP contribution in [0.3, 0.4) is 0 Å². The second-order valence-corrected chi connectivity index (χ2v) is 5.91. The Bertz CT molecular complexity index is 839. The largest absolute Gasteiger partial charge is 0.496 e. The van der Waals surface area contributed by atoms with E-state index in [0.29, 0.717) is 41.6 Å². The number of rotatable bonds is 8. The highest BCUT2D eigenvalue weighted by Crippen LogP contribution is 2.34. The minimum Gasteiger partial charge on any atom is -0.496 e. The molecule has 2 aromatic carbocycles. The first kappa shape index (κ1) is 20.9. The van der Waals surface area contributed by atoms with E-state index < -0.39 is 0 Å². The Kier molecular flexibility index (Phi) is 7.50. The Hall–Kier alpha value is -3.42. The molecular formula is C20H25N3O5. The number of amides is 3. The SMILES string of the molecule is COc1cc(OC)c(OC)cc1CCNC(=O)Nc1cccc(NC(C)=O)c1. The molecule has 28 heavy (non-hydrogen) atoms. The van der Waals surface area contributed by atoms with Gasteiger partial charge in [-0.05, 0) is 36.2 Å². The van der Waals surface area contributed by atoms with Crippen molar-refractivity contribution in [1.29, 1.82) is 0 Å². The maximum atomic E-state index is 12.1. The fraction of sp³-hybridized carbons (Fsp3) is 0.300. The van der Waals surface area contributed by atoms with Crippen LogP contribution in [-0.2, 0) is 11.2 Å². The molecule has 0 atom stereocenters. The molecule has 0 aliphatic carbocycles. The van der Waals surface area contributed by atoms with Gasteiger partial charge in [0.1, 0.15) is 5.75 Å². The Balaban J connectivity index is 1.94. The molecule has 0 fully saturated rings. The molecule has 3 N–H and O–H groups in total. The van der Waals surface area contributed by atoms with E-state index in [1.165, 1.54) is 6.92 Å². The average Bonchev–Trinajstić information content (AvgIpc) is 2.67. The van der Waals surface area contributed by atoms with Crippen molar-refractivity contribution in [2.75, 3.05) is 38.5 Å². The summed E-state index contributed by atoms with van der Waals surface area (Å²) in [5.41, 5.74) is 2.07. The van der Waals surface area contributed by atoms with Gasteiger partial charge >= 0.3 is 6.03 Å². The van der Waals surface area contributed by atoms with Gasteiger partial charge in [0.2, 0.25) is 5.91 Å². The zero-order chi connectivity index (χ0) is 20.5. The highest BCUT2D eigenvalue weighted by Gasteiger charge is 2.12. The Morgan fingerprint density at radius 1 is 0.857 bits per heavy atom. The molecule has 0 bridgehead atoms. The molecule has 2 aromatic rings. The first-order chi connectivity index (χ1) is 13.5. The quantitative estimate of drug-likeness (QED) is 0.647. The van der Waals surface area contributed by atoms with E-state index >= 15 is 0 Å². The van der Waals surface area contributed by atoms with E-state index in [-0.39, 0.29) is 11.9 Å². The van der Waals surface area contributed by atoms with Crippen molar-refractivity contribution < 1.29 is 23.8 Å². The lowest BCUT2D eigenvalue weighted by molar-refractivity contribution is -0.114. The van der Waals surface area contributed by atoms with E-state index in [1.807, 2.05) is 6.07 Å². The molecule has 0 spiro atoms. The van der Waals surface area contributed by atoms with Crippen LogP contribution in [0.15, 0.2) is 36.4 Å². The van der Waals surface area contributed by atoms with Gasteiger partial charge in [-0.3, -0.25) is 4.79 Å². The fourth-order valence-electron chi connectivity index (χ4n) is 2.65. The number of carbonyl (C=O) groups excluding carboxylic acids is 2. The van der Waals surface area contributed by atoms with Gasteiger partial charge < -0.3 is 30.2 Å². The maximum Gasteiger partial charge on any atom is 0.319 e. The highest BCUT2D eigenvalue weighted by molar-refractivity contribution is 5.92. The molecule has 8 nitrogen and oxygen atoms in total. The smallest absolute Gasteiger partial charge is 0.319 e. The topological polar surface area (TPSA) is 97.9 Å². The summed E-state index contributed by atoms with van der Waals surface area (Å²) in [6.07, 6.45) is 0.545. The lowest BCUT2D eigenvalue weighted by atomic mass is 10.1. The second kappa shape index (κ2) is 10.1. The lowest BCUT2D eigenvalue weighted by Gasteiger charge is -2.14. The van der Waals surface area contributed by atoms with Gasteiger partial charge in [0.15, 0.2) is 11.5 Å². The summed E-state index contributed by atoms with van der Waals surface area (Å²) in [4.78, 5) is 23.3. The van der Waals surface area contributed by atoms with Crippen molar-refractivity contribution in [3.05, 3.63) is 42.0 Å². The van der Waals surface area contributed by atoms with Crippen molar-refractivity contribution in [2.45, 2.75) is 13.3 Å². The summed E-state index contributed by atoms with van der Waals surface area (Å²) in [5, 5.41) is 8.20. The summed E-state index contributed by atoms with van der Waals surface area (Å²) >= 11 is 0. The van der Waals surface area contributed by atoms with Gasteiger partial charge in [-0.1, -0.05) is 6.07 Å². The van der Waals surface area contributed by atoms with Crippen molar-refractivity contribution in [1.82, 2.24) is 5.32 Å². The van der Waals surface area contributed by atoms with Gasteiger partial charge in [-0.25, -0.2) is 4.79 Å². The summed E-state index contributed by atoms with van der Waals surface area (Å²) in [7, 11) is 4.70. The van der Waals surface area contributed by atoms with Gasteiger partial charge in [0.25, 0.3) is 0 Å². The van der Waals surface area contributed by atoms with Crippen LogP contribution in [0.1, 0.15) is 12.5 Å². The van der Waals surface area contributed by atoms with Crippen LogP contribution >= 0.6 is 0 Å². The standard InChI is InChI=1S/C20H25N3O5/c1-13(24)22-15-6-5-7-16(11-15)23-20(25)21-9-8-14-10-18(27-3)19(28-4)12-17(14)26-2/h5-7,10-12H,8-9H2,1-4H3,(H,22,24)(H2,21,23,25). The predicted octanol–water partition coefficient (Wildman–Crippen LogP) is 3.04. The first-order valence-electron chi connectivity index (χ1n) is 8.68. The van der Waals surface area contributed by atoms with Crippen LogP contribution in [0.25, 0.3) is 0 Å². The molecule has 0 aliphatic rings. The van der Waals surface area contributed by atoms with Crippen molar-refractivity contribution >= 4 is 23.3 Å². The van der Waals surface area contributed by atoms with Gasteiger partial charge in [0.05, 0.1) is 21.3 Å². The summed E-state index contributed by atoms with van der Waals surface area (Å²) < 4.78 is 16.0.